The summed E-state index contributed by atoms with van der Waals surface area (Å²) < 4.78 is 10.6. The largest absolute Gasteiger partial charge is 0.501 e. The van der Waals surface area contributed by atoms with Crippen LogP contribution in [0.25, 0.3) is 6.08 Å². The number of rotatable bonds is 2. The highest BCUT2D eigenvalue weighted by molar-refractivity contribution is 5.61. The highest BCUT2D eigenvalue weighted by Gasteiger charge is 2.13. The molecule has 0 spiro atoms. The monoisotopic (exact) mass is 190 g/mol. The van der Waals surface area contributed by atoms with E-state index in [4.69, 9.17) is 9.47 Å². The highest BCUT2D eigenvalue weighted by atomic mass is 16.5. The SMILES string of the molecule is COC1=Cc2cccc(OC)c2CC1. The van der Waals surface area contributed by atoms with Gasteiger partial charge in [-0.3, -0.25) is 0 Å². The molecule has 0 unspecified atom stereocenters. The van der Waals surface area contributed by atoms with Crippen molar-refractivity contribution in [1.82, 2.24) is 0 Å². The number of fused-ring (bicyclic) bond motifs is 1. The minimum Gasteiger partial charge on any atom is -0.501 e. The molecular weight excluding hydrogens is 176 g/mol. The van der Waals surface area contributed by atoms with E-state index in [0.717, 1.165) is 24.4 Å². The molecule has 0 aromatic heterocycles. The Morgan fingerprint density at radius 3 is 2.64 bits per heavy atom. The summed E-state index contributed by atoms with van der Waals surface area (Å²) in [4.78, 5) is 0. The van der Waals surface area contributed by atoms with Gasteiger partial charge in [-0.1, -0.05) is 12.1 Å². The van der Waals surface area contributed by atoms with Gasteiger partial charge in [0.05, 0.1) is 20.0 Å². The van der Waals surface area contributed by atoms with Crippen molar-refractivity contribution in [3.05, 3.63) is 35.1 Å². The van der Waals surface area contributed by atoms with E-state index in [1.54, 1.807) is 14.2 Å². The number of hydrogen-bond donors (Lipinski definition) is 0. The maximum absolute atomic E-state index is 5.31. The smallest absolute Gasteiger partial charge is 0.122 e. The van der Waals surface area contributed by atoms with Crippen LogP contribution in [-0.4, -0.2) is 14.2 Å². The Morgan fingerprint density at radius 2 is 1.93 bits per heavy atom. The second-order valence-electron chi connectivity index (χ2n) is 3.34. The normalized spacial score (nSPS) is 14.3. The van der Waals surface area contributed by atoms with Crippen LogP contribution in [0, 0.1) is 0 Å². The van der Waals surface area contributed by atoms with Crippen molar-refractivity contribution in [3.63, 3.8) is 0 Å². The predicted octanol–water partition coefficient (Wildman–Crippen LogP) is 2.63. The molecule has 2 nitrogen and oxygen atoms in total. The fraction of sp³-hybridized carbons (Fsp3) is 0.333. The molecule has 1 aromatic rings. The van der Waals surface area contributed by atoms with Gasteiger partial charge in [0, 0.05) is 12.0 Å². The molecule has 0 heterocycles. The number of hydrogen-bond acceptors (Lipinski definition) is 2. The van der Waals surface area contributed by atoms with Crippen molar-refractivity contribution in [2.75, 3.05) is 14.2 Å². The van der Waals surface area contributed by atoms with Crippen LogP contribution in [0.3, 0.4) is 0 Å². The quantitative estimate of drug-likeness (QED) is 0.713. The van der Waals surface area contributed by atoms with Gasteiger partial charge in [-0.05, 0) is 24.1 Å². The molecule has 0 amide bonds. The van der Waals surface area contributed by atoms with E-state index in [1.165, 1.54) is 11.1 Å². The molecule has 14 heavy (non-hydrogen) atoms. The van der Waals surface area contributed by atoms with Crippen molar-refractivity contribution < 1.29 is 9.47 Å². The Hall–Kier alpha value is -1.44. The molecule has 0 bridgehead atoms. The first-order chi connectivity index (χ1) is 6.85. The molecule has 1 aliphatic carbocycles. The van der Waals surface area contributed by atoms with Gasteiger partial charge in [0.25, 0.3) is 0 Å². The summed E-state index contributed by atoms with van der Waals surface area (Å²) in [5.41, 5.74) is 2.50. The molecule has 0 N–H and O–H groups in total. The van der Waals surface area contributed by atoms with Crippen molar-refractivity contribution in [3.8, 4) is 5.75 Å². The molecule has 0 fully saturated rings. The van der Waals surface area contributed by atoms with Crippen LogP contribution in [0.15, 0.2) is 24.0 Å². The third kappa shape index (κ3) is 1.48. The number of ether oxygens (including phenoxy) is 2. The maximum Gasteiger partial charge on any atom is 0.122 e. The first-order valence-electron chi connectivity index (χ1n) is 4.75. The topological polar surface area (TPSA) is 18.5 Å². The molecule has 1 aliphatic rings. The van der Waals surface area contributed by atoms with Gasteiger partial charge in [-0.2, -0.15) is 0 Å². The minimum atomic E-state index is 0.962. The zero-order valence-corrected chi connectivity index (χ0v) is 8.54. The van der Waals surface area contributed by atoms with Crippen LogP contribution in [0.1, 0.15) is 17.5 Å². The molecule has 0 radical (unpaired) electrons. The van der Waals surface area contributed by atoms with Crippen LogP contribution in [0.5, 0.6) is 5.75 Å². The lowest BCUT2D eigenvalue weighted by Gasteiger charge is -2.17. The zero-order valence-electron chi connectivity index (χ0n) is 8.54. The lowest BCUT2D eigenvalue weighted by Crippen LogP contribution is -2.02. The number of methoxy groups -OCH3 is 2. The Morgan fingerprint density at radius 1 is 1.07 bits per heavy atom. The molecule has 0 saturated heterocycles. The Bertz CT molecular complexity index is 367. The van der Waals surface area contributed by atoms with Gasteiger partial charge in [0.1, 0.15) is 5.75 Å². The average molecular weight is 190 g/mol. The van der Waals surface area contributed by atoms with E-state index in [2.05, 4.69) is 12.1 Å². The molecular formula is C12H14O2. The van der Waals surface area contributed by atoms with Crippen molar-refractivity contribution >= 4 is 6.08 Å². The fourth-order valence-electron chi connectivity index (χ4n) is 1.83. The standard InChI is InChI=1S/C12H14O2/c1-13-10-6-7-11-9(8-10)4-3-5-12(11)14-2/h3-5,8H,6-7H2,1-2H3. The zero-order chi connectivity index (χ0) is 9.97. The van der Waals surface area contributed by atoms with Crippen molar-refractivity contribution in [2.24, 2.45) is 0 Å². The highest BCUT2D eigenvalue weighted by Crippen LogP contribution is 2.30. The summed E-state index contributed by atoms with van der Waals surface area (Å²) in [6.45, 7) is 0. The van der Waals surface area contributed by atoms with Crippen LogP contribution in [-0.2, 0) is 11.2 Å². The number of allylic oxidation sites excluding steroid dienone is 1. The predicted molar refractivity (Wildman–Crippen MR) is 56.3 cm³/mol. The second kappa shape index (κ2) is 3.74. The summed E-state index contributed by atoms with van der Waals surface area (Å²) in [6, 6.07) is 6.10. The second-order valence-corrected chi connectivity index (χ2v) is 3.34. The van der Waals surface area contributed by atoms with Crippen molar-refractivity contribution in [2.45, 2.75) is 12.8 Å². The lowest BCUT2D eigenvalue weighted by molar-refractivity contribution is 0.279. The first kappa shape index (κ1) is 9.13. The van der Waals surface area contributed by atoms with Crippen LogP contribution >= 0.6 is 0 Å². The van der Waals surface area contributed by atoms with Gasteiger partial charge in [-0.25, -0.2) is 0 Å². The average Bonchev–Trinajstić information content (AvgIpc) is 2.27. The van der Waals surface area contributed by atoms with Gasteiger partial charge < -0.3 is 9.47 Å². The summed E-state index contributed by atoms with van der Waals surface area (Å²) in [5, 5.41) is 0. The van der Waals surface area contributed by atoms with E-state index < -0.39 is 0 Å². The first-order valence-corrected chi connectivity index (χ1v) is 4.75. The third-order valence-corrected chi connectivity index (χ3v) is 2.59. The van der Waals surface area contributed by atoms with E-state index in [0.29, 0.717) is 0 Å². The molecule has 74 valence electrons. The third-order valence-electron chi connectivity index (χ3n) is 2.59. The summed E-state index contributed by atoms with van der Waals surface area (Å²) in [5.74, 6) is 2.03. The molecule has 0 saturated carbocycles. The Balaban J connectivity index is 2.45. The van der Waals surface area contributed by atoms with E-state index >= 15 is 0 Å². The van der Waals surface area contributed by atoms with E-state index in [-0.39, 0.29) is 0 Å². The molecule has 2 rings (SSSR count). The summed E-state index contributed by atoms with van der Waals surface area (Å²) in [7, 11) is 3.43. The van der Waals surface area contributed by atoms with Gasteiger partial charge in [-0.15, -0.1) is 0 Å². The molecule has 0 aliphatic heterocycles. The minimum absolute atomic E-state index is 0.962. The molecule has 1 aromatic carbocycles. The Kier molecular flexibility index (Phi) is 2.44. The lowest BCUT2D eigenvalue weighted by atomic mass is 9.95. The van der Waals surface area contributed by atoms with Gasteiger partial charge >= 0.3 is 0 Å². The molecule has 0 atom stereocenters. The Labute approximate surface area is 84.2 Å². The van der Waals surface area contributed by atoms with Crippen molar-refractivity contribution in [1.29, 1.82) is 0 Å². The molecule has 2 heteroatoms. The van der Waals surface area contributed by atoms with Gasteiger partial charge in [0.2, 0.25) is 0 Å². The maximum atomic E-state index is 5.31. The summed E-state index contributed by atoms with van der Waals surface area (Å²) >= 11 is 0. The van der Waals surface area contributed by atoms with Crippen LogP contribution in [0.2, 0.25) is 0 Å². The van der Waals surface area contributed by atoms with Gasteiger partial charge in [0.15, 0.2) is 0 Å². The van der Waals surface area contributed by atoms with Crippen LogP contribution in [0.4, 0.5) is 0 Å². The van der Waals surface area contributed by atoms with E-state index in [1.807, 2.05) is 12.1 Å². The summed E-state index contributed by atoms with van der Waals surface area (Å²) in [6.07, 6.45) is 4.05. The van der Waals surface area contributed by atoms with E-state index in [9.17, 15) is 0 Å². The number of benzene rings is 1. The van der Waals surface area contributed by atoms with Crippen LogP contribution < -0.4 is 4.74 Å². The fourth-order valence-corrected chi connectivity index (χ4v) is 1.83.